The second kappa shape index (κ2) is 6.21. The van der Waals surface area contributed by atoms with Gasteiger partial charge in [0.05, 0.1) is 5.56 Å². The Morgan fingerprint density at radius 3 is 2.89 bits per heavy atom. The molecule has 5 heteroatoms. The highest BCUT2D eigenvalue weighted by Gasteiger charge is 2.15. The molecule has 0 amide bonds. The Hall–Kier alpha value is -1.33. The number of hydrogen-bond donors (Lipinski definition) is 1. The predicted octanol–water partition coefficient (Wildman–Crippen LogP) is 3.79. The normalized spacial score (nSPS) is 10.6. The third-order valence-electron chi connectivity index (χ3n) is 2.69. The Balaban J connectivity index is 2.12. The van der Waals surface area contributed by atoms with Crippen LogP contribution in [0.25, 0.3) is 0 Å². The number of carboxylic acids is 1. The molecule has 0 unspecified atom stereocenters. The van der Waals surface area contributed by atoms with Gasteiger partial charge in [-0.15, -0.1) is 23.1 Å². The molecule has 2 aromatic rings. The van der Waals surface area contributed by atoms with Crippen molar-refractivity contribution in [2.24, 2.45) is 0 Å². The lowest BCUT2D eigenvalue weighted by molar-refractivity contribution is 0.0691. The summed E-state index contributed by atoms with van der Waals surface area (Å²) in [7, 11) is 0. The summed E-state index contributed by atoms with van der Waals surface area (Å²) in [6, 6.07) is 5.94. The van der Waals surface area contributed by atoms with E-state index in [1.54, 1.807) is 11.3 Å². The van der Waals surface area contributed by atoms with Crippen LogP contribution in [0.5, 0.6) is 0 Å². The van der Waals surface area contributed by atoms with Crippen molar-refractivity contribution >= 4 is 29.1 Å². The molecule has 0 radical (unpaired) electrons. The molecule has 0 aliphatic carbocycles. The Morgan fingerprint density at radius 1 is 1.47 bits per heavy atom. The summed E-state index contributed by atoms with van der Waals surface area (Å²) >= 11 is 3.24. The molecule has 0 fully saturated rings. The lowest BCUT2D eigenvalue weighted by atomic mass is 10.1. The third kappa shape index (κ3) is 3.58. The van der Waals surface area contributed by atoms with Crippen LogP contribution in [0.1, 0.15) is 26.5 Å². The second-order valence-electron chi connectivity index (χ2n) is 4.24. The first-order valence-electron chi connectivity index (χ1n) is 5.94. The fourth-order valence-corrected chi connectivity index (χ4v) is 3.82. The molecule has 3 nitrogen and oxygen atoms in total. The molecule has 0 saturated carbocycles. The Morgan fingerprint density at radius 2 is 2.26 bits per heavy atom. The van der Waals surface area contributed by atoms with E-state index in [2.05, 4.69) is 16.4 Å². The van der Waals surface area contributed by atoms with Crippen molar-refractivity contribution in [1.82, 2.24) is 4.98 Å². The van der Waals surface area contributed by atoms with Crippen LogP contribution < -0.4 is 0 Å². The topological polar surface area (TPSA) is 50.2 Å². The average molecular weight is 293 g/mol. The molecule has 1 N–H and O–H groups in total. The summed E-state index contributed by atoms with van der Waals surface area (Å²) in [6.45, 7) is 3.71. The summed E-state index contributed by atoms with van der Waals surface area (Å²) < 4.78 is 0. The number of carbonyl (C=O) groups is 1. The summed E-state index contributed by atoms with van der Waals surface area (Å²) in [6.07, 6.45) is 0.941. The Labute approximate surface area is 120 Å². The van der Waals surface area contributed by atoms with Gasteiger partial charge >= 0.3 is 5.97 Å². The maximum absolute atomic E-state index is 11.3. The van der Waals surface area contributed by atoms with Gasteiger partial charge in [0.15, 0.2) is 0 Å². The summed E-state index contributed by atoms with van der Waals surface area (Å²) in [4.78, 5) is 17.0. The zero-order chi connectivity index (χ0) is 13.8. The van der Waals surface area contributed by atoms with Crippen LogP contribution in [-0.4, -0.2) is 21.8 Å². The number of aromatic carboxylic acids is 1. The van der Waals surface area contributed by atoms with E-state index in [4.69, 9.17) is 0 Å². The molecule has 2 rings (SSSR count). The van der Waals surface area contributed by atoms with Crippen LogP contribution in [0, 0.1) is 13.8 Å². The monoisotopic (exact) mass is 293 g/mol. The highest BCUT2D eigenvalue weighted by molar-refractivity contribution is 7.99. The SMILES string of the molecule is Cc1cc(C)c(C(=O)O)c(SCCc2cccs2)n1. The first kappa shape index (κ1) is 14.1. The molecule has 0 aromatic carbocycles. The standard InChI is InChI=1S/C14H15NO2S2/c1-9-8-10(2)15-13(12(9)14(16)17)19-7-5-11-4-3-6-18-11/h3-4,6,8H,5,7H2,1-2H3,(H,16,17). The molecule has 0 spiro atoms. The van der Waals surface area contributed by atoms with Gasteiger partial charge in [-0.3, -0.25) is 0 Å². The van der Waals surface area contributed by atoms with Gasteiger partial charge in [-0.25, -0.2) is 9.78 Å². The summed E-state index contributed by atoms with van der Waals surface area (Å²) in [5.74, 6) is -0.0555. The van der Waals surface area contributed by atoms with E-state index in [0.29, 0.717) is 10.6 Å². The lowest BCUT2D eigenvalue weighted by Gasteiger charge is -2.09. The van der Waals surface area contributed by atoms with Crippen LogP contribution in [0.3, 0.4) is 0 Å². The third-order valence-corrected chi connectivity index (χ3v) is 4.61. The molecule has 19 heavy (non-hydrogen) atoms. The highest BCUT2D eigenvalue weighted by atomic mass is 32.2. The van der Waals surface area contributed by atoms with Gasteiger partial charge in [0, 0.05) is 16.3 Å². The smallest absolute Gasteiger partial charge is 0.338 e. The molecular formula is C14H15NO2S2. The van der Waals surface area contributed by atoms with E-state index in [1.165, 1.54) is 16.6 Å². The van der Waals surface area contributed by atoms with Crippen LogP contribution in [0.2, 0.25) is 0 Å². The number of rotatable bonds is 5. The first-order valence-corrected chi connectivity index (χ1v) is 7.81. The molecule has 2 aromatic heterocycles. The van der Waals surface area contributed by atoms with Gasteiger partial charge < -0.3 is 5.11 Å². The highest BCUT2D eigenvalue weighted by Crippen LogP contribution is 2.25. The number of thiophene rings is 1. The minimum atomic E-state index is -0.899. The maximum Gasteiger partial charge on any atom is 0.338 e. The predicted molar refractivity (Wildman–Crippen MR) is 79.4 cm³/mol. The number of hydrogen-bond acceptors (Lipinski definition) is 4. The fourth-order valence-electron chi connectivity index (χ4n) is 1.87. The molecule has 0 saturated heterocycles. The van der Waals surface area contributed by atoms with E-state index < -0.39 is 5.97 Å². The molecule has 0 bridgehead atoms. The Kier molecular flexibility index (Phi) is 4.61. The Bertz CT molecular complexity index is 579. The van der Waals surface area contributed by atoms with Gasteiger partial charge in [0.25, 0.3) is 0 Å². The number of pyridine rings is 1. The van der Waals surface area contributed by atoms with Crippen molar-refractivity contribution in [1.29, 1.82) is 0 Å². The summed E-state index contributed by atoms with van der Waals surface area (Å²) in [5, 5.41) is 11.9. The van der Waals surface area contributed by atoms with Gasteiger partial charge in [0.2, 0.25) is 0 Å². The maximum atomic E-state index is 11.3. The van der Waals surface area contributed by atoms with Gasteiger partial charge in [-0.05, 0) is 43.3 Å². The number of aromatic nitrogens is 1. The fraction of sp³-hybridized carbons (Fsp3) is 0.286. The van der Waals surface area contributed by atoms with E-state index >= 15 is 0 Å². The number of thioether (sulfide) groups is 1. The quantitative estimate of drug-likeness (QED) is 0.852. The summed E-state index contributed by atoms with van der Waals surface area (Å²) in [5.41, 5.74) is 1.97. The van der Waals surface area contributed by atoms with Crippen LogP contribution in [0.4, 0.5) is 0 Å². The first-order chi connectivity index (χ1) is 9.08. The second-order valence-corrected chi connectivity index (χ2v) is 6.36. The molecule has 100 valence electrons. The molecule has 0 aliphatic rings. The molecular weight excluding hydrogens is 278 g/mol. The largest absolute Gasteiger partial charge is 0.478 e. The molecule has 0 aliphatic heterocycles. The van der Waals surface area contributed by atoms with E-state index in [1.807, 2.05) is 26.0 Å². The molecule has 2 heterocycles. The zero-order valence-electron chi connectivity index (χ0n) is 10.8. The number of nitrogens with zero attached hydrogens (tertiary/aromatic N) is 1. The average Bonchev–Trinajstić information content (AvgIpc) is 2.80. The van der Waals surface area contributed by atoms with Crippen LogP contribution >= 0.6 is 23.1 Å². The molecule has 0 atom stereocenters. The van der Waals surface area contributed by atoms with Crippen LogP contribution in [-0.2, 0) is 6.42 Å². The van der Waals surface area contributed by atoms with E-state index in [9.17, 15) is 9.90 Å². The van der Waals surface area contributed by atoms with E-state index in [-0.39, 0.29) is 0 Å². The zero-order valence-corrected chi connectivity index (χ0v) is 12.5. The van der Waals surface area contributed by atoms with Gasteiger partial charge in [-0.2, -0.15) is 0 Å². The lowest BCUT2D eigenvalue weighted by Crippen LogP contribution is -2.06. The van der Waals surface area contributed by atoms with Crippen LogP contribution in [0.15, 0.2) is 28.6 Å². The number of carboxylic acid groups (broad SMARTS) is 1. The van der Waals surface area contributed by atoms with Gasteiger partial charge in [-0.1, -0.05) is 6.07 Å². The van der Waals surface area contributed by atoms with Gasteiger partial charge in [0.1, 0.15) is 5.03 Å². The van der Waals surface area contributed by atoms with E-state index in [0.717, 1.165) is 23.4 Å². The van der Waals surface area contributed by atoms with Crippen molar-refractivity contribution in [3.63, 3.8) is 0 Å². The van der Waals surface area contributed by atoms with Crippen molar-refractivity contribution in [2.75, 3.05) is 5.75 Å². The minimum Gasteiger partial charge on any atom is -0.478 e. The van der Waals surface area contributed by atoms with Crippen molar-refractivity contribution < 1.29 is 9.90 Å². The van der Waals surface area contributed by atoms with Crippen molar-refractivity contribution in [2.45, 2.75) is 25.3 Å². The number of aryl methyl sites for hydroxylation is 3. The van der Waals surface area contributed by atoms with Crippen molar-refractivity contribution in [3.8, 4) is 0 Å². The van der Waals surface area contributed by atoms with Crippen molar-refractivity contribution in [3.05, 3.63) is 45.3 Å². The minimum absolute atomic E-state index is 0.335.